The van der Waals surface area contributed by atoms with Crippen molar-refractivity contribution in [1.82, 2.24) is 10.3 Å². The highest BCUT2D eigenvalue weighted by Gasteiger charge is 2.37. The van der Waals surface area contributed by atoms with Gasteiger partial charge in [0.15, 0.2) is 0 Å². The summed E-state index contributed by atoms with van der Waals surface area (Å²) in [5.74, 6) is 0.850. The van der Waals surface area contributed by atoms with Gasteiger partial charge >= 0.3 is 0 Å². The number of amides is 1. The number of nitrogens with one attached hydrogen (secondary N) is 1. The number of hydrogen-bond donors (Lipinski definition) is 1. The van der Waals surface area contributed by atoms with Crippen LogP contribution < -0.4 is 10.2 Å². The summed E-state index contributed by atoms with van der Waals surface area (Å²) >= 11 is 0. The number of aromatic nitrogens is 1. The highest BCUT2D eigenvalue weighted by molar-refractivity contribution is 5.84. The Morgan fingerprint density at radius 3 is 3.00 bits per heavy atom. The number of nitrogens with zero attached hydrogens (tertiary/aromatic N) is 2. The molecule has 1 saturated heterocycles. The van der Waals surface area contributed by atoms with E-state index in [1.807, 2.05) is 38.1 Å². The van der Waals surface area contributed by atoms with E-state index in [2.05, 4.69) is 10.3 Å². The van der Waals surface area contributed by atoms with Crippen LogP contribution in [0.2, 0.25) is 0 Å². The van der Waals surface area contributed by atoms with E-state index in [9.17, 15) is 4.79 Å². The van der Waals surface area contributed by atoms with Crippen LogP contribution in [-0.2, 0) is 16.1 Å². The highest BCUT2D eigenvalue weighted by atomic mass is 16.5. The maximum atomic E-state index is 12.1. The Morgan fingerprint density at radius 1 is 1.58 bits per heavy atom. The predicted molar refractivity (Wildman–Crippen MR) is 74.0 cm³/mol. The molecule has 1 unspecified atom stereocenters. The van der Waals surface area contributed by atoms with Crippen LogP contribution in [0.4, 0.5) is 5.82 Å². The first-order valence-corrected chi connectivity index (χ1v) is 6.56. The van der Waals surface area contributed by atoms with Crippen molar-refractivity contribution in [3.05, 3.63) is 23.9 Å². The molecule has 1 atom stereocenters. The predicted octanol–water partition coefficient (Wildman–Crippen LogP) is 1.33. The van der Waals surface area contributed by atoms with Gasteiger partial charge < -0.3 is 15.0 Å². The van der Waals surface area contributed by atoms with Crippen molar-refractivity contribution in [2.45, 2.75) is 31.9 Å². The molecular formula is C14H21N3O2. The first-order chi connectivity index (χ1) is 9.01. The van der Waals surface area contributed by atoms with E-state index in [1.165, 1.54) is 0 Å². The molecule has 1 fully saturated rings. The average Bonchev–Trinajstić information content (AvgIpc) is 2.84. The van der Waals surface area contributed by atoms with Crippen molar-refractivity contribution in [2.24, 2.45) is 0 Å². The lowest BCUT2D eigenvalue weighted by Crippen LogP contribution is -2.43. The summed E-state index contributed by atoms with van der Waals surface area (Å²) in [7, 11) is 3.89. The molecule has 0 aromatic carbocycles. The van der Waals surface area contributed by atoms with Gasteiger partial charge in [0, 0.05) is 33.4 Å². The second-order valence-corrected chi connectivity index (χ2v) is 5.28. The normalized spacial score (nSPS) is 22.3. The molecule has 1 aromatic rings. The summed E-state index contributed by atoms with van der Waals surface area (Å²) in [4.78, 5) is 18.3. The first-order valence-electron chi connectivity index (χ1n) is 6.56. The van der Waals surface area contributed by atoms with Crippen LogP contribution in [0.15, 0.2) is 18.3 Å². The lowest BCUT2D eigenvalue weighted by molar-refractivity contribution is -0.139. The van der Waals surface area contributed by atoms with Crippen LogP contribution in [0, 0.1) is 0 Å². The molecule has 0 radical (unpaired) electrons. The van der Waals surface area contributed by atoms with Crippen molar-refractivity contribution >= 4 is 11.7 Å². The van der Waals surface area contributed by atoms with E-state index >= 15 is 0 Å². The molecule has 5 nitrogen and oxygen atoms in total. The number of pyridine rings is 1. The number of rotatable bonds is 4. The van der Waals surface area contributed by atoms with Crippen LogP contribution in [0.3, 0.4) is 0 Å². The largest absolute Gasteiger partial charge is 0.365 e. The molecule has 2 heterocycles. The molecule has 104 valence electrons. The number of carbonyl (C=O) groups is 1. The maximum absolute atomic E-state index is 12.1. The maximum Gasteiger partial charge on any atom is 0.252 e. The van der Waals surface area contributed by atoms with Gasteiger partial charge in [0.1, 0.15) is 11.4 Å². The summed E-state index contributed by atoms with van der Waals surface area (Å²) in [5.41, 5.74) is 0.380. The van der Waals surface area contributed by atoms with Crippen molar-refractivity contribution < 1.29 is 9.53 Å². The van der Waals surface area contributed by atoms with Gasteiger partial charge in [-0.15, -0.1) is 0 Å². The van der Waals surface area contributed by atoms with Gasteiger partial charge in [-0.1, -0.05) is 0 Å². The zero-order valence-corrected chi connectivity index (χ0v) is 11.8. The summed E-state index contributed by atoms with van der Waals surface area (Å²) in [6, 6.07) is 3.88. The Kier molecular flexibility index (Phi) is 4.04. The Bertz CT molecular complexity index is 454. The van der Waals surface area contributed by atoms with E-state index in [0.29, 0.717) is 13.2 Å². The van der Waals surface area contributed by atoms with Gasteiger partial charge in [-0.25, -0.2) is 4.98 Å². The third kappa shape index (κ3) is 3.23. The molecule has 2 rings (SSSR count). The molecule has 0 aliphatic carbocycles. The zero-order valence-electron chi connectivity index (χ0n) is 11.8. The highest BCUT2D eigenvalue weighted by Crippen LogP contribution is 2.25. The SMILES string of the molecule is CN(C)c1cc(CNC(=O)C2(C)CCCO2)ccn1. The Labute approximate surface area is 114 Å². The molecule has 1 aliphatic rings. The molecule has 1 aromatic heterocycles. The summed E-state index contributed by atoms with van der Waals surface area (Å²) in [6.07, 6.45) is 3.49. The molecular weight excluding hydrogens is 242 g/mol. The smallest absolute Gasteiger partial charge is 0.252 e. The van der Waals surface area contributed by atoms with E-state index < -0.39 is 5.60 Å². The minimum absolute atomic E-state index is 0.0341. The Morgan fingerprint density at radius 2 is 2.37 bits per heavy atom. The molecule has 0 saturated carbocycles. The second-order valence-electron chi connectivity index (χ2n) is 5.28. The minimum atomic E-state index is -0.655. The topological polar surface area (TPSA) is 54.5 Å². The van der Waals surface area contributed by atoms with Gasteiger partial charge in [0.2, 0.25) is 0 Å². The molecule has 5 heteroatoms. The lowest BCUT2D eigenvalue weighted by Gasteiger charge is -2.22. The lowest BCUT2D eigenvalue weighted by atomic mass is 10.0. The number of hydrogen-bond acceptors (Lipinski definition) is 4. The molecule has 1 aliphatic heterocycles. The van der Waals surface area contributed by atoms with Crippen molar-refractivity contribution in [3.63, 3.8) is 0 Å². The Hall–Kier alpha value is -1.62. The number of carbonyl (C=O) groups excluding carboxylic acids is 1. The average molecular weight is 263 g/mol. The summed E-state index contributed by atoms with van der Waals surface area (Å²) in [5, 5.41) is 2.94. The van der Waals surface area contributed by atoms with Gasteiger partial charge in [-0.05, 0) is 37.5 Å². The van der Waals surface area contributed by atoms with Crippen LogP contribution in [0.5, 0.6) is 0 Å². The van der Waals surface area contributed by atoms with Crippen molar-refractivity contribution in [1.29, 1.82) is 0 Å². The molecule has 19 heavy (non-hydrogen) atoms. The quantitative estimate of drug-likeness (QED) is 0.890. The van der Waals surface area contributed by atoms with Gasteiger partial charge in [-0.3, -0.25) is 4.79 Å². The first kappa shape index (κ1) is 13.8. The molecule has 1 amide bonds. The molecule has 1 N–H and O–H groups in total. The van der Waals surface area contributed by atoms with E-state index in [-0.39, 0.29) is 5.91 Å². The minimum Gasteiger partial charge on any atom is -0.365 e. The monoisotopic (exact) mass is 263 g/mol. The third-order valence-corrected chi connectivity index (χ3v) is 3.42. The summed E-state index contributed by atoms with van der Waals surface area (Å²) < 4.78 is 5.52. The van der Waals surface area contributed by atoms with Crippen LogP contribution in [0.25, 0.3) is 0 Å². The van der Waals surface area contributed by atoms with Gasteiger partial charge in [-0.2, -0.15) is 0 Å². The fourth-order valence-corrected chi connectivity index (χ4v) is 2.14. The Balaban J connectivity index is 1.95. The van der Waals surface area contributed by atoms with E-state index in [0.717, 1.165) is 24.2 Å². The molecule has 0 bridgehead atoms. The fourth-order valence-electron chi connectivity index (χ4n) is 2.14. The van der Waals surface area contributed by atoms with Crippen molar-refractivity contribution in [2.75, 3.05) is 25.6 Å². The number of anilines is 1. The van der Waals surface area contributed by atoms with Gasteiger partial charge in [0.25, 0.3) is 5.91 Å². The third-order valence-electron chi connectivity index (χ3n) is 3.42. The zero-order chi connectivity index (χ0) is 13.9. The standard InChI is InChI=1S/C14H21N3O2/c1-14(6-4-8-19-14)13(18)16-10-11-5-7-15-12(9-11)17(2)3/h5,7,9H,4,6,8,10H2,1-3H3,(H,16,18). The fraction of sp³-hybridized carbons (Fsp3) is 0.571. The number of ether oxygens (including phenoxy) is 1. The van der Waals surface area contributed by atoms with Crippen LogP contribution >= 0.6 is 0 Å². The summed E-state index contributed by atoms with van der Waals surface area (Å²) in [6.45, 7) is 3.03. The van der Waals surface area contributed by atoms with E-state index in [4.69, 9.17) is 4.74 Å². The van der Waals surface area contributed by atoms with Crippen molar-refractivity contribution in [3.8, 4) is 0 Å². The second kappa shape index (κ2) is 5.57. The van der Waals surface area contributed by atoms with Crippen LogP contribution in [-0.4, -0.2) is 37.2 Å². The van der Waals surface area contributed by atoms with Gasteiger partial charge in [0.05, 0.1) is 0 Å². The van der Waals surface area contributed by atoms with E-state index in [1.54, 1.807) is 6.20 Å². The van der Waals surface area contributed by atoms with Crippen LogP contribution in [0.1, 0.15) is 25.3 Å². The molecule has 0 spiro atoms.